The van der Waals surface area contributed by atoms with Crippen LogP contribution in [0.15, 0.2) is 27.8 Å². The van der Waals surface area contributed by atoms with Gasteiger partial charge < -0.3 is 4.98 Å². The first-order valence-corrected chi connectivity index (χ1v) is 4.31. The maximum atomic E-state index is 10.9. The summed E-state index contributed by atoms with van der Waals surface area (Å²) < 4.78 is 0. The van der Waals surface area contributed by atoms with Crippen molar-refractivity contribution in [3.8, 4) is 0 Å². The Bertz CT molecular complexity index is 418. The Hall–Kier alpha value is -1.71. The van der Waals surface area contributed by atoms with Gasteiger partial charge in [0.15, 0.2) is 0 Å². The third kappa shape index (κ3) is 2.65. The van der Waals surface area contributed by atoms with Crippen LogP contribution in [-0.2, 0) is 6.42 Å². The molecule has 74 valence electrons. The van der Waals surface area contributed by atoms with E-state index >= 15 is 0 Å². The Morgan fingerprint density at radius 1 is 1.79 bits per heavy atom. The molecule has 0 amide bonds. The van der Waals surface area contributed by atoms with Crippen LogP contribution < -0.4 is 5.69 Å². The number of aliphatic imine (C=N–C) groups is 1. The van der Waals surface area contributed by atoms with Crippen LogP contribution in [0.3, 0.4) is 0 Å². The minimum atomic E-state index is -0.316. The van der Waals surface area contributed by atoms with E-state index in [2.05, 4.69) is 21.7 Å². The Morgan fingerprint density at radius 3 is 3.14 bits per heavy atom. The van der Waals surface area contributed by atoms with E-state index in [1.54, 1.807) is 6.20 Å². The van der Waals surface area contributed by atoms with Gasteiger partial charge in [0.05, 0.1) is 0 Å². The van der Waals surface area contributed by atoms with Crippen molar-refractivity contribution in [3.05, 3.63) is 39.7 Å². The average Bonchev–Trinajstić information content (AvgIpc) is 2.19. The Morgan fingerprint density at radius 2 is 2.50 bits per heavy atom. The summed E-state index contributed by atoms with van der Waals surface area (Å²) in [5.41, 5.74) is 2.37. The van der Waals surface area contributed by atoms with Gasteiger partial charge >= 0.3 is 5.69 Å². The van der Waals surface area contributed by atoms with Crippen LogP contribution in [0.4, 0.5) is 0 Å². The van der Waals surface area contributed by atoms with Gasteiger partial charge in [0.1, 0.15) is 0 Å². The van der Waals surface area contributed by atoms with Gasteiger partial charge in [-0.05, 0) is 26.1 Å². The van der Waals surface area contributed by atoms with Gasteiger partial charge in [0.2, 0.25) is 0 Å². The SMILES string of the molecule is C=N/C(C)=C\Cc1[nH]c(=O)ncc1C. The second-order valence-electron chi connectivity index (χ2n) is 3.06. The number of aromatic nitrogens is 2. The van der Waals surface area contributed by atoms with E-state index in [9.17, 15) is 4.79 Å². The highest BCUT2D eigenvalue weighted by atomic mass is 16.1. The number of hydrogen-bond acceptors (Lipinski definition) is 3. The maximum absolute atomic E-state index is 10.9. The van der Waals surface area contributed by atoms with Crippen molar-refractivity contribution < 1.29 is 0 Å². The van der Waals surface area contributed by atoms with Crippen LogP contribution in [0.25, 0.3) is 0 Å². The van der Waals surface area contributed by atoms with Crippen molar-refractivity contribution >= 4 is 6.72 Å². The Labute approximate surface area is 82.4 Å². The van der Waals surface area contributed by atoms with E-state index in [-0.39, 0.29) is 5.69 Å². The number of nitrogens with zero attached hydrogens (tertiary/aromatic N) is 2. The molecule has 14 heavy (non-hydrogen) atoms. The van der Waals surface area contributed by atoms with E-state index in [1.165, 1.54) is 0 Å². The van der Waals surface area contributed by atoms with Crippen LogP contribution in [0, 0.1) is 6.92 Å². The van der Waals surface area contributed by atoms with Crippen LogP contribution in [0.2, 0.25) is 0 Å². The van der Waals surface area contributed by atoms with Gasteiger partial charge in [-0.2, -0.15) is 0 Å². The summed E-state index contributed by atoms with van der Waals surface area (Å²) in [6.07, 6.45) is 4.12. The minimum Gasteiger partial charge on any atom is -0.309 e. The topological polar surface area (TPSA) is 58.1 Å². The largest absolute Gasteiger partial charge is 0.345 e. The highest BCUT2D eigenvalue weighted by Gasteiger charge is 1.97. The number of aryl methyl sites for hydroxylation is 1. The van der Waals surface area contributed by atoms with Crippen molar-refractivity contribution in [1.29, 1.82) is 0 Å². The first-order valence-electron chi connectivity index (χ1n) is 4.31. The molecule has 1 aromatic heterocycles. The molecule has 1 rings (SSSR count). The summed E-state index contributed by atoms with van der Waals surface area (Å²) in [5.74, 6) is 0. The maximum Gasteiger partial charge on any atom is 0.345 e. The van der Waals surface area contributed by atoms with Gasteiger partial charge in [-0.1, -0.05) is 6.08 Å². The predicted molar refractivity (Wildman–Crippen MR) is 56.6 cm³/mol. The zero-order chi connectivity index (χ0) is 10.6. The van der Waals surface area contributed by atoms with Crippen LogP contribution in [0.1, 0.15) is 18.2 Å². The molecule has 1 N–H and O–H groups in total. The summed E-state index contributed by atoms with van der Waals surface area (Å²) in [6.45, 7) is 7.18. The molecular weight excluding hydrogens is 178 g/mol. The van der Waals surface area contributed by atoms with E-state index in [1.807, 2.05) is 19.9 Å². The highest BCUT2D eigenvalue weighted by Crippen LogP contribution is 2.03. The fraction of sp³-hybridized carbons (Fsp3) is 0.300. The lowest BCUT2D eigenvalue weighted by molar-refractivity contribution is 0.958. The van der Waals surface area contributed by atoms with E-state index in [0.717, 1.165) is 17.0 Å². The lowest BCUT2D eigenvalue weighted by Crippen LogP contribution is -2.13. The normalized spacial score (nSPS) is 11.4. The molecule has 0 aliphatic rings. The third-order valence-corrected chi connectivity index (χ3v) is 1.96. The average molecular weight is 191 g/mol. The molecule has 0 spiro atoms. The molecule has 0 saturated heterocycles. The molecule has 0 saturated carbocycles. The summed E-state index contributed by atoms with van der Waals surface area (Å²) in [4.78, 5) is 21.0. The minimum absolute atomic E-state index is 0.316. The molecule has 0 atom stereocenters. The second-order valence-corrected chi connectivity index (χ2v) is 3.06. The molecule has 0 aliphatic heterocycles. The monoisotopic (exact) mass is 191 g/mol. The van der Waals surface area contributed by atoms with Crippen molar-refractivity contribution in [2.75, 3.05) is 0 Å². The standard InChI is InChI=1S/C10H13N3O/c1-7-6-12-10(14)13-9(7)5-4-8(2)11-3/h4,6H,3,5H2,1-2H3,(H,12,13,14)/b8-4-. The Balaban J connectivity index is 2.91. The molecule has 0 unspecified atom stereocenters. The summed E-state index contributed by atoms with van der Waals surface area (Å²) in [7, 11) is 0. The van der Waals surface area contributed by atoms with Crippen molar-refractivity contribution in [3.63, 3.8) is 0 Å². The van der Waals surface area contributed by atoms with Crippen LogP contribution >= 0.6 is 0 Å². The fourth-order valence-electron chi connectivity index (χ4n) is 1.02. The molecule has 0 aromatic carbocycles. The van der Waals surface area contributed by atoms with Gasteiger partial charge in [-0.15, -0.1) is 0 Å². The molecule has 4 nitrogen and oxygen atoms in total. The fourth-order valence-corrected chi connectivity index (χ4v) is 1.02. The highest BCUT2D eigenvalue weighted by molar-refractivity contribution is 5.28. The van der Waals surface area contributed by atoms with Crippen molar-refractivity contribution in [2.45, 2.75) is 20.3 Å². The molecule has 1 heterocycles. The van der Waals surface area contributed by atoms with Crippen molar-refractivity contribution in [2.24, 2.45) is 4.99 Å². The molecule has 1 aromatic rings. The first kappa shape index (κ1) is 10.4. The number of aromatic amines is 1. The Kier molecular flexibility index (Phi) is 3.34. The smallest absolute Gasteiger partial charge is 0.309 e. The number of hydrogen-bond donors (Lipinski definition) is 1. The molecule has 0 radical (unpaired) electrons. The molecule has 0 aliphatic carbocycles. The number of rotatable bonds is 3. The summed E-state index contributed by atoms with van der Waals surface area (Å²) >= 11 is 0. The number of allylic oxidation sites excluding steroid dienone is 2. The van der Waals surface area contributed by atoms with Crippen LogP contribution in [-0.4, -0.2) is 16.7 Å². The van der Waals surface area contributed by atoms with Crippen molar-refractivity contribution in [1.82, 2.24) is 9.97 Å². The van der Waals surface area contributed by atoms with Gasteiger partial charge in [0, 0.05) is 24.0 Å². The lowest BCUT2D eigenvalue weighted by atomic mass is 10.2. The first-order chi connectivity index (χ1) is 6.63. The number of nitrogens with one attached hydrogen (secondary N) is 1. The summed E-state index contributed by atoms with van der Waals surface area (Å²) in [5, 5.41) is 0. The second kappa shape index (κ2) is 4.50. The predicted octanol–water partition coefficient (Wildman–Crippen LogP) is 1.23. The zero-order valence-corrected chi connectivity index (χ0v) is 8.37. The van der Waals surface area contributed by atoms with Gasteiger partial charge in [-0.25, -0.2) is 9.78 Å². The molecule has 4 heteroatoms. The van der Waals surface area contributed by atoms with E-state index in [4.69, 9.17) is 0 Å². The van der Waals surface area contributed by atoms with E-state index < -0.39 is 0 Å². The van der Waals surface area contributed by atoms with Gasteiger partial charge in [-0.3, -0.25) is 4.99 Å². The van der Waals surface area contributed by atoms with Crippen LogP contribution in [0.5, 0.6) is 0 Å². The molecular formula is C10H13N3O. The quantitative estimate of drug-likeness (QED) is 0.730. The zero-order valence-electron chi connectivity index (χ0n) is 8.37. The van der Waals surface area contributed by atoms with E-state index in [0.29, 0.717) is 6.42 Å². The molecule has 0 fully saturated rings. The summed E-state index contributed by atoms with van der Waals surface area (Å²) in [6, 6.07) is 0. The molecule has 0 bridgehead atoms. The third-order valence-electron chi connectivity index (χ3n) is 1.96. The van der Waals surface area contributed by atoms with Gasteiger partial charge in [0.25, 0.3) is 0 Å². The lowest BCUT2D eigenvalue weighted by Gasteiger charge is -2.00. The number of H-pyrrole nitrogens is 1.